The molecule has 0 spiro atoms. The maximum atomic E-state index is 11.1. The van der Waals surface area contributed by atoms with Crippen LogP contribution in [-0.2, 0) is 17.9 Å². The van der Waals surface area contributed by atoms with Crippen LogP contribution < -0.4 is 10.6 Å². The summed E-state index contributed by atoms with van der Waals surface area (Å²) in [5.74, 6) is -1.48. The summed E-state index contributed by atoms with van der Waals surface area (Å²) in [6.45, 7) is 2.57. The molecule has 0 aliphatic heterocycles. The summed E-state index contributed by atoms with van der Waals surface area (Å²) in [7, 11) is 0. The molecule has 6 nitrogen and oxygen atoms in total. The van der Waals surface area contributed by atoms with E-state index in [1.54, 1.807) is 6.07 Å². The molecule has 6 heteroatoms. The second kappa shape index (κ2) is 8.93. The van der Waals surface area contributed by atoms with Crippen molar-refractivity contribution in [1.82, 2.24) is 5.32 Å². The molecule has 0 saturated carbocycles. The smallest absolute Gasteiger partial charge is 0.339 e. The third-order valence-corrected chi connectivity index (χ3v) is 4.45. The number of amides is 1. The van der Waals surface area contributed by atoms with E-state index < -0.39 is 5.97 Å². The molecular weight excluding hydrogens is 368 g/mol. The van der Waals surface area contributed by atoms with Gasteiger partial charge in [-0.15, -0.1) is 0 Å². The molecular formula is C23H22N2O4. The van der Waals surface area contributed by atoms with E-state index in [2.05, 4.69) is 10.6 Å². The average Bonchev–Trinajstić information content (AvgIpc) is 2.71. The van der Waals surface area contributed by atoms with Crippen molar-refractivity contribution in [3.05, 3.63) is 83.4 Å². The maximum absolute atomic E-state index is 11.1. The minimum atomic E-state index is -1.16. The number of carbonyl (C=O) groups is 2. The number of nitrogens with one attached hydrogen (secondary N) is 2. The molecule has 4 N–H and O–H groups in total. The van der Waals surface area contributed by atoms with Crippen molar-refractivity contribution in [3.63, 3.8) is 0 Å². The Morgan fingerprint density at radius 2 is 1.55 bits per heavy atom. The monoisotopic (exact) mass is 390 g/mol. The van der Waals surface area contributed by atoms with Crippen LogP contribution in [0.3, 0.4) is 0 Å². The van der Waals surface area contributed by atoms with Crippen LogP contribution in [0.2, 0.25) is 0 Å². The topological polar surface area (TPSA) is 98.7 Å². The van der Waals surface area contributed by atoms with Gasteiger partial charge in [-0.1, -0.05) is 36.4 Å². The number of hydrogen-bond donors (Lipinski definition) is 4. The summed E-state index contributed by atoms with van der Waals surface area (Å²) < 4.78 is 0. The van der Waals surface area contributed by atoms with E-state index >= 15 is 0 Å². The Morgan fingerprint density at radius 1 is 0.862 bits per heavy atom. The van der Waals surface area contributed by atoms with Crippen molar-refractivity contribution in [2.75, 3.05) is 5.32 Å². The van der Waals surface area contributed by atoms with Gasteiger partial charge in [-0.3, -0.25) is 4.79 Å². The van der Waals surface area contributed by atoms with Crippen LogP contribution in [0.25, 0.3) is 11.1 Å². The number of carboxylic acids is 1. The Balaban J connectivity index is 1.71. The van der Waals surface area contributed by atoms with Crippen molar-refractivity contribution in [3.8, 4) is 16.9 Å². The summed E-state index contributed by atoms with van der Waals surface area (Å²) in [6.07, 6.45) is 0. The largest absolute Gasteiger partial charge is 0.507 e. The van der Waals surface area contributed by atoms with Crippen molar-refractivity contribution in [2.24, 2.45) is 0 Å². The average molecular weight is 390 g/mol. The Kier molecular flexibility index (Phi) is 6.14. The predicted molar refractivity (Wildman–Crippen MR) is 112 cm³/mol. The Labute approximate surface area is 168 Å². The maximum Gasteiger partial charge on any atom is 0.339 e. The van der Waals surface area contributed by atoms with Crippen LogP contribution in [0.5, 0.6) is 5.75 Å². The summed E-state index contributed by atoms with van der Waals surface area (Å²) in [4.78, 5) is 22.1. The van der Waals surface area contributed by atoms with Gasteiger partial charge in [-0.2, -0.15) is 0 Å². The highest BCUT2D eigenvalue weighted by molar-refractivity contribution is 5.91. The number of anilines is 1. The summed E-state index contributed by atoms with van der Waals surface area (Å²) >= 11 is 0. The first-order valence-corrected chi connectivity index (χ1v) is 9.15. The lowest BCUT2D eigenvalue weighted by Gasteiger charge is -2.11. The molecule has 3 aromatic carbocycles. The molecule has 0 radical (unpaired) electrons. The summed E-state index contributed by atoms with van der Waals surface area (Å²) in [5, 5.41) is 25.1. The summed E-state index contributed by atoms with van der Waals surface area (Å²) in [6, 6.07) is 20.2. The van der Waals surface area contributed by atoms with E-state index in [-0.39, 0.29) is 17.2 Å². The second-order valence-corrected chi connectivity index (χ2v) is 6.70. The number of benzene rings is 3. The van der Waals surface area contributed by atoms with Crippen LogP contribution in [0.1, 0.15) is 28.4 Å². The third kappa shape index (κ3) is 5.35. The molecule has 0 aliphatic carbocycles. The molecule has 0 atom stereocenters. The summed E-state index contributed by atoms with van der Waals surface area (Å²) in [5.41, 5.74) is 4.50. The van der Waals surface area contributed by atoms with Gasteiger partial charge in [0.1, 0.15) is 11.3 Å². The highest BCUT2D eigenvalue weighted by Gasteiger charge is 2.10. The lowest BCUT2D eigenvalue weighted by molar-refractivity contribution is -0.119. The highest BCUT2D eigenvalue weighted by Crippen LogP contribution is 2.27. The van der Waals surface area contributed by atoms with Crippen LogP contribution in [0.4, 0.5) is 5.69 Å². The van der Waals surface area contributed by atoms with Gasteiger partial charge in [0, 0.05) is 25.7 Å². The molecule has 0 fully saturated rings. The molecule has 0 bridgehead atoms. The number of hydrogen-bond acceptors (Lipinski definition) is 4. The van der Waals surface area contributed by atoms with Crippen molar-refractivity contribution >= 4 is 17.6 Å². The Morgan fingerprint density at radius 3 is 2.24 bits per heavy atom. The standard InChI is InChI=1S/C23H22N2O4/c1-15(26)24-13-17-5-3-7-20(11-17)25-14-16-4-2-6-18(10-16)19-8-9-21(23(28)29)22(27)12-19/h2-12,25,27H,13-14H2,1H3,(H,24,26)(H,28,29). The van der Waals surface area contributed by atoms with Gasteiger partial charge in [0.25, 0.3) is 0 Å². The SMILES string of the molecule is CC(=O)NCc1cccc(NCc2cccc(-c3ccc(C(=O)O)c(O)c3)c2)c1. The zero-order valence-electron chi connectivity index (χ0n) is 16.0. The lowest BCUT2D eigenvalue weighted by Crippen LogP contribution is -2.18. The normalized spacial score (nSPS) is 10.4. The van der Waals surface area contributed by atoms with Crippen LogP contribution >= 0.6 is 0 Å². The van der Waals surface area contributed by atoms with Gasteiger partial charge in [0.15, 0.2) is 0 Å². The number of aromatic hydroxyl groups is 1. The molecule has 0 aliphatic rings. The Bertz CT molecular complexity index is 1050. The fourth-order valence-electron chi connectivity index (χ4n) is 2.97. The van der Waals surface area contributed by atoms with Crippen LogP contribution in [-0.4, -0.2) is 22.1 Å². The molecule has 3 aromatic rings. The number of carbonyl (C=O) groups excluding carboxylic acids is 1. The van der Waals surface area contributed by atoms with E-state index in [9.17, 15) is 14.7 Å². The van der Waals surface area contributed by atoms with E-state index in [1.807, 2.05) is 48.5 Å². The molecule has 0 saturated heterocycles. The van der Waals surface area contributed by atoms with Crippen molar-refractivity contribution in [1.29, 1.82) is 0 Å². The fourth-order valence-corrected chi connectivity index (χ4v) is 2.97. The molecule has 0 aromatic heterocycles. The van der Waals surface area contributed by atoms with Crippen molar-refractivity contribution in [2.45, 2.75) is 20.0 Å². The van der Waals surface area contributed by atoms with E-state index in [4.69, 9.17) is 5.11 Å². The van der Waals surface area contributed by atoms with E-state index in [0.717, 1.165) is 27.9 Å². The van der Waals surface area contributed by atoms with E-state index in [0.29, 0.717) is 13.1 Å². The zero-order valence-corrected chi connectivity index (χ0v) is 16.0. The molecule has 148 valence electrons. The van der Waals surface area contributed by atoms with Crippen LogP contribution in [0.15, 0.2) is 66.7 Å². The zero-order chi connectivity index (χ0) is 20.8. The van der Waals surface area contributed by atoms with E-state index in [1.165, 1.54) is 19.1 Å². The molecule has 0 unspecified atom stereocenters. The number of aromatic carboxylic acids is 1. The van der Waals surface area contributed by atoms with Gasteiger partial charge in [0.2, 0.25) is 5.91 Å². The molecule has 3 rings (SSSR count). The van der Waals surface area contributed by atoms with Gasteiger partial charge >= 0.3 is 5.97 Å². The van der Waals surface area contributed by atoms with Gasteiger partial charge in [0.05, 0.1) is 0 Å². The van der Waals surface area contributed by atoms with Gasteiger partial charge < -0.3 is 20.8 Å². The first kappa shape index (κ1) is 19.9. The first-order valence-electron chi connectivity index (χ1n) is 9.15. The predicted octanol–water partition coefficient (Wildman–Crippen LogP) is 4.01. The minimum absolute atomic E-state index is 0.0670. The second-order valence-electron chi connectivity index (χ2n) is 6.70. The number of phenols is 1. The minimum Gasteiger partial charge on any atom is -0.507 e. The molecule has 29 heavy (non-hydrogen) atoms. The van der Waals surface area contributed by atoms with Gasteiger partial charge in [-0.05, 0) is 52.6 Å². The third-order valence-electron chi connectivity index (χ3n) is 4.45. The molecule has 1 amide bonds. The van der Waals surface area contributed by atoms with Crippen LogP contribution in [0, 0.1) is 0 Å². The fraction of sp³-hybridized carbons (Fsp3) is 0.130. The van der Waals surface area contributed by atoms with Crippen molar-refractivity contribution < 1.29 is 19.8 Å². The van der Waals surface area contributed by atoms with Gasteiger partial charge in [-0.25, -0.2) is 4.79 Å². The number of carboxylic acid groups (broad SMARTS) is 1. The highest BCUT2D eigenvalue weighted by atomic mass is 16.4. The lowest BCUT2D eigenvalue weighted by atomic mass is 10.0. The Hall–Kier alpha value is -3.80. The quantitative estimate of drug-likeness (QED) is 0.489. The molecule has 0 heterocycles. The first-order chi connectivity index (χ1) is 13.9. The number of rotatable bonds is 7.